The molecule has 0 N–H and O–H groups in total. The monoisotopic (exact) mass is 309 g/mol. The maximum absolute atomic E-state index is 11.9. The Bertz CT molecular complexity index is 364. The Morgan fingerprint density at radius 1 is 1.73 bits per heavy atom. The van der Waals surface area contributed by atoms with Crippen LogP contribution in [0.2, 0.25) is 5.02 Å². The van der Waals surface area contributed by atoms with Crippen LogP contribution in [0.5, 0.6) is 0 Å². The molecular formula is C10H13BrClNOS. The van der Waals surface area contributed by atoms with Gasteiger partial charge in [0.2, 0.25) is 0 Å². The van der Waals surface area contributed by atoms with Crippen LogP contribution in [-0.4, -0.2) is 29.2 Å². The molecule has 0 saturated carbocycles. The molecule has 0 radical (unpaired) electrons. The molecule has 0 aliphatic heterocycles. The summed E-state index contributed by atoms with van der Waals surface area (Å²) in [6.45, 7) is 4.58. The number of halogens is 2. The summed E-state index contributed by atoms with van der Waals surface area (Å²) in [6.07, 6.45) is 0. The van der Waals surface area contributed by atoms with E-state index < -0.39 is 0 Å². The molecule has 1 atom stereocenters. The largest absolute Gasteiger partial charge is 0.340 e. The minimum Gasteiger partial charge on any atom is -0.340 e. The summed E-state index contributed by atoms with van der Waals surface area (Å²) in [4.78, 5) is 14.5. The second-order valence-corrected chi connectivity index (χ2v) is 6.35. The average Bonchev–Trinajstić information content (AvgIpc) is 2.45. The van der Waals surface area contributed by atoms with Crippen LogP contribution in [0.3, 0.4) is 0 Å². The number of hydrogen-bond donors (Lipinski definition) is 0. The van der Waals surface area contributed by atoms with Gasteiger partial charge in [0.25, 0.3) is 5.91 Å². The highest BCUT2D eigenvalue weighted by molar-refractivity contribution is 9.09. The molecule has 84 valence electrons. The van der Waals surface area contributed by atoms with Gasteiger partial charge in [0.15, 0.2) is 0 Å². The van der Waals surface area contributed by atoms with E-state index in [4.69, 9.17) is 11.6 Å². The van der Waals surface area contributed by atoms with Gasteiger partial charge in [-0.05, 0) is 17.9 Å². The number of amides is 1. The molecule has 0 aliphatic rings. The second kappa shape index (κ2) is 5.32. The van der Waals surface area contributed by atoms with Crippen LogP contribution in [0.4, 0.5) is 0 Å². The molecule has 1 heterocycles. The van der Waals surface area contributed by atoms with Crippen molar-refractivity contribution in [1.82, 2.24) is 4.90 Å². The Hall–Kier alpha value is -0.0600. The molecule has 1 aromatic heterocycles. The fourth-order valence-electron chi connectivity index (χ4n) is 1.21. The summed E-state index contributed by atoms with van der Waals surface area (Å²) < 4.78 is 0. The first-order valence-electron chi connectivity index (χ1n) is 4.56. The zero-order valence-corrected chi connectivity index (χ0v) is 12.0. The van der Waals surface area contributed by atoms with Crippen LogP contribution < -0.4 is 0 Å². The van der Waals surface area contributed by atoms with Gasteiger partial charge in [0.05, 0.1) is 5.02 Å². The minimum atomic E-state index is -0.00981. The van der Waals surface area contributed by atoms with Crippen LogP contribution in [0.25, 0.3) is 0 Å². The van der Waals surface area contributed by atoms with Crippen molar-refractivity contribution in [1.29, 1.82) is 0 Å². The van der Waals surface area contributed by atoms with Gasteiger partial charge in [-0.15, -0.1) is 11.3 Å². The predicted molar refractivity (Wildman–Crippen MR) is 69.4 cm³/mol. The van der Waals surface area contributed by atoms with E-state index in [1.54, 1.807) is 11.9 Å². The summed E-state index contributed by atoms with van der Waals surface area (Å²) in [5, 5.41) is 2.49. The highest BCUT2D eigenvalue weighted by atomic mass is 79.9. The molecule has 1 rings (SSSR count). The molecular weight excluding hydrogens is 298 g/mol. The number of thiophene rings is 1. The third-order valence-electron chi connectivity index (χ3n) is 1.97. The summed E-state index contributed by atoms with van der Waals surface area (Å²) in [5.41, 5.74) is 0.963. The first-order valence-corrected chi connectivity index (χ1v) is 6.74. The quantitative estimate of drug-likeness (QED) is 0.782. The third-order valence-corrected chi connectivity index (χ3v) is 3.94. The van der Waals surface area contributed by atoms with Gasteiger partial charge >= 0.3 is 0 Å². The fraction of sp³-hybridized carbons (Fsp3) is 0.500. The third kappa shape index (κ3) is 3.20. The van der Waals surface area contributed by atoms with Crippen LogP contribution in [-0.2, 0) is 0 Å². The Balaban J connectivity index is 2.81. The van der Waals surface area contributed by atoms with Crippen molar-refractivity contribution >= 4 is 44.8 Å². The van der Waals surface area contributed by atoms with Gasteiger partial charge in [-0.3, -0.25) is 4.79 Å². The average molecular weight is 311 g/mol. The first kappa shape index (κ1) is 13.0. The molecule has 1 aromatic rings. The number of carbonyl (C=O) groups is 1. The van der Waals surface area contributed by atoms with Crippen molar-refractivity contribution in [2.45, 2.75) is 18.7 Å². The van der Waals surface area contributed by atoms with E-state index in [9.17, 15) is 4.79 Å². The van der Waals surface area contributed by atoms with Crippen LogP contribution in [0.1, 0.15) is 22.2 Å². The first-order chi connectivity index (χ1) is 6.93. The highest BCUT2D eigenvalue weighted by Gasteiger charge is 2.19. The van der Waals surface area contributed by atoms with Gasteiger partial charge in [-0.2, -0.15) is 0 Å². The maximum Gasteiger partial charge on any atom is 0.265 e. The molecule has 0 saturated heterocycles. The van der Waals surface area contributed by atoms with E-state index in [2.05, 4.69) is 15.9 Å². The SMILES string of the molecule is Cc1csc(C(=O)N(C)CC(C)Br)c1Cl. The van der Waals surface area contributed by atoms with E-state index in [-0.39, 0.29) is 10.7 Å². The van der Waals surface area contributed by atoms with Crippen molar-refractivity contribution in [3.8, 4) is 0 Å². The molecule has 0 bridgehead atoms. The van der Waals surface area contributed by atoms with Crippen molar-refractivity contribution in [3.05, 3.63) is 20.8 Å². The van der Waals surface area contributed by atoms with E-state index in [1.165, 1.54) is 11.3 Å². The van der Waals surface area contributed by atoms with Crippen LogP contribution in [0, 0.1) is 6.92 Å². The molecule has 0 fully saturated rings. The minimum absolute atomic E-state index is 0.00981. The van der Waals surface area contributed by atoms with Gasteiger partial charge in [-0.1, -0.05) is 34.5 Å². The highest BCUT2D eigenvalue weighted by Crippen LogP contribution is 2.28. The Morgan fingerprint density at radius 3 is 2.73 bits per heavy atom. The number of aryl methyl sites for hydroxylation is 1. The summed E-state index contributed by atoms with van der Waals surface area (Å²) in [6, 6.07) is 0. The Labute approximate surface area is 107 Å². The van der Waals surface area contributed by atoms with Gasteiger partial charge in [0, 0.05) is 18.4 Å². The lowest BCUT2D eigenvalue weighted by molar-refractivity contribution is 0.0802. The Kier molecular flexibility index (Phi) is 4.62. The van der Waals surface area contributed by atoms with Gasteiger partial charge in [-0.25, -0.2) is 0 Å². The zero-order chi connectivity index (χ0) is 11.6. The standard InChI is InChI=1S/C10H13BrClNOS/c1-6-5-15-9(8(6)12)10(14)13(3)4-7(2)11/h5,7H,4H2,1-3H3. The topological polar surface area (TPSA) is 20.3 Å². The lowest BCUT2D eigenvalue weighted by atomic mass is 10.3. The summed E-state index contributed by atoms with van der Waals surface area (Å²) in [5.74, 6) is -0.00981. The van der Waals surface area contributed by atoms with Crippen LogP contribution >= 0.6 is 38.9 Å². The zero-order valence-electron chi connectivity index (χ0n) is 8.88. The van der Waals surface area contributed by atoms with E-state index >= 15 is 0 Å². The fourth-order valence-corrected chi connectivity index (χ4v) is 2.91. The molecule has 1 amide bonds. The number of rotatable bonds is 3. The maximum atomic E-state index is 11.9. The smallest absolute Gasteiger partial charge is 0.265 e. The van der Waals surface area contributed by atoms with E-state index in [1.807, 2.05) is 19.2 Å². The molecule has 2 nitrogen and oxygen atoms in total. The lowest BCUT2D eigenvalue weighted by Gasteiger charge is -2.17. The second-order valence-electron chi connectivity index (χ2n) is 3.53. The molecule has 1 unspecified atom stereocenters. The summed E-state index contributed by atoms with van der Waals surface area (Å²) in [7, 11) is 1.78. The summed E-state index contributed by atoms with van der Waals surface area (Å²) >= 11 is 10.9. The van der Waals surface area contributed by atoms with E-state index in [0.717, 1.165) is 5.56 Å². The van der Waals surface area contributed by atoms with E-state index in [0.29, 0.717) is 16.4 Å². The van der Waals surface area contributed by atoms with Crippen molar-refractivity contribution in [2.24, 2.45) is 0 Å². The number of carbonyl (C=O) groups excluding carboxylic acids is 1. The molecule has 15 heavy (non-hydrogen) atoms. The van der Waals surface area contributed by atoms with Crippen molar-refractivity contribution in [3.63, 3.8) is 0 Å². The normalized spacial score (nSPS) is 12.6. The molecule has 5 heteroatoms. The number of alkyl halides is 1. The van der Waals surface area contributed by atoms with Gasteiger partial charge < -0.3 is 4.90 Å². The number of nitrogens with zero attached hydrogens (tertiary/aromatic N) is 1. The number of hydrogen-bond acceptors (Lipinski definition) is 2. The molecule has 0 aromatic carbocycles. The lowest BCUT2D eigenvalue weighted by Crippen LogP contribution is -2.30. The molecule has 0 aliphatic carbocycles. The van der Waals surface area contributed by atoms with Gasteiger partial charge in [0.1, 0.15) is 4.88 Å². The predicted octanol–water partition coefficient (Wildman–Crippen LogP) is 3.57. The molecule has 0 spiro atoms. The Morgan fingerprint density at radius 2 is 2.33 bits per heavy atom. The van der Waals surface area contributed by atoms with Crippen LogP contribution in [0.15, 0.2) is 5.38 Å². The van der Waals surface area contributed by atoms with Crippen molar-refractivity contribution in [2.75, 3.05) is 13.6 Å². The van der Waals surface area contributed by atoms with Crippen molar-refractivity contribution < 1.29 is 4.79 Å².